The van der Waals surface area contributed by atoms with Crippen LogP contribution in [0.4, 0.5) is 0 Å². The second kappa shape index (κ2) is 7.82. The molecule has 3 nitrogen and oxygen atoms in total. The molecule has 0 aromatic carbocycles. The predicted octanol–water partition coefficient (Wildman–Crippen LogP) is 3.74. The van der Waals surface area contributed by atoms with Crippen LogP contribution in [-0.2, 0) is 4.74 Å². The molecule has 1 atom stereocenters. The van der Waals surface area contributed by atoms with Gasteiger partial charge in [-0.3, -0.25) is 0 Å². The summed E-state index contributed by atoms with van der Waals surface area (Å²) < 4.78 is 5.82. The Kier molecular flexibility index (Phi) is 7.60. The molecule has 108 valence electrons. The minimum atomic E-state index is -1.03. The zero-order chi connectivity index (χ0) is 14.3. The van der Waals surface area contributed by atoms with Crippen molar-refractivity contribution in [1.82, 2.24) is 5.32 Å². The molecule has 0 aromatic rings. The summed E-state index contributed by atoms with van der Waals surface area (Å²) in [5, 5.41) is 3.38. The van der Waals surface area contributed by atoms with E-state index in [1.165, 1.54) is 6.04 Å². The van der Waals surface area contributed by atoms with Gasteiger partial charge in [0.1, 0.15) is 0 Å². The first kappa shape index (κ1) is 17.5. The van der Waals surface area contributed by atoms with Crippen LogP contribution in [0.1, 0.15) is 34.6 Å². The SMILES string of the molecule is CC(C)/N=C(\NC(C)C(C)C)OCC[Si](C)(C)C. The molecule has 18 heavy (non-hydrogen) atoms. The Morgan fingerprint density at radius 1 is 1.11 bits per heavy atom. The van der Waals surface area contributed by atoms with Crippen molar-refractivity contribution in [2.45, 2.75) is 72.4 Å². The highest BCUT2D eigenvalue weighted by atomic mass is 28.3. The van der Waals surface area contributed by atoms with Gasteiger partial charge in [-0.2, -0.15) is 0 Å². The molecule has 1 unspecified atom stereocenters. The summed E-state index contributed by atoms with van der Waals surface area (Å²) in [5.41, 5.74) is 0. The quantitative estimate of drug-likeness (QED) is 0.454. The molecule has 0 rings (SSSR count). The number of nitrogens with zero attached hydrogens (tertiary/aromatic N) is 1. The van der Waals surface area contributed by atoms with Gasteiger partial charge in [-0.05, 0) is 32.7 Å². The largest absolute Gasteiger partial charge is 0.466 e. The molecule has 1 N–H and O–H groups in total. The van der Waals surface area contributed by atoms with Crippen LogP contribution in [0.2, 0.25) is 25.7 Å². The second-order valence-electron chi connectivity index (χ2n) is 6.86. The summed E-state index contributed by atoms with van der Waals surface area (Å²) in [6, 6.07) is 2.53. The maximum Gasteiger partial charge on any atom is 0.285 e. The fourth-order valence-corrected chi connectivity index (χ4v) is 1.88. The molecule has 0 saturated carbocycles. The van der Waals surface area contributed by atoms with Crippen molar-refractivity contribution < 1.29 is 4.74 Å². The highest BCUT2D eigenvalue weighted by Crippen LogP contribution is 2.08. The maximum atomic E-state index is 5.82. The van der Waals surface area contributed by atoms with E-state index in [0.717, 1.165) is 6.61 Å². The molecule has 0 spiro atoms. The topological polar surface area (TPSA) is 33.6 Å². The van der Waals surface area contributed by atoms with Crippen LogP contribution in [-0.4, -0.2) is 32.8 Å². The van der Waals surface area contributed by atoms with Crippen LogP contribution in [0, 0.1) is 5.92 Å². The molecule has 0 fully saturated rings. The molecule has 0 aliphatic carbocycles. The average Bonchev–Trinajstić information content (AvgIpc) is 2.13. The van der Waals surface area contributed by atoms with Crippen LogP contribution < -0.4 is 5.32 Å². The van der Waals surface area contributed by atoms with Gasteiger partial charge in [0.05, 0.1) is 6.61 Å². The van der Waals surface area contributed by atoms with Crippen LogP contribution in [0.3, 0.4) is 0 Å². The average molecular weight is 273 g/mol. The second-order valence-corrected chi connectivity index (χ2v) is 12.5. The fourth-order valence-electron chi connectivity index (χ4n) is 1.17. The van der Waals surface area contributed by atoms with E-state index >= 15 is 0 Å². The lowest BCUT2D eigenvalue weighted by Crippen LogP contribution is -2.38. The monoisotopic (exact) mass is 272 g/mol. The van der Waals surface area contributed by atoms with E-state index in [0.29, 0.717) is 18.0 Å². The highest BCUT2D eigenvalue weighted by Gasteiger charge is 2.15. The lowest BCUT2D eigenvalue weighted by Gasteiger charge is -2.22. The molecule has 4 heteroatoms. The lowest BCUT2D eigenvalue weighted by atomic mass is 10.1. The Labute approximate surface area is 114 Å². The number of nitrogens with one attached hydrogen (secondary N) is 1. The van der Waals surface area contributed by atoms with Gasteiger partial charge in [0, 0.05) is 20.2 Å². The summed E-state index contributed by atoms with van der Waals surface area (Å²) >= 11 is 0. The zero-order valence-electron chi connectivity index (χ0n) is 13.5. The molecule has 0 aromatic heterocycles. The number of hydrogen-bond donors (Lipinski definition) is 1. The fraction of sp³-hybridized carbons (Fsp3) is 0.929. The van der Waals surface area contributed by atoms with Crippen molar-refractivity contribution in [3.63, 3.8) is 0 Å². The minimum absolute atomic E-state index is 0.263. The first-order valence-electron chi connectivity index (χ1n) is 7.09. The molecular formula is C14H32N2OSi. The van der Waals surface area contributed by atoms with Gasteiger partial charge in [0.25, 0.3) is 6.02 Å². The van der Waals surface area contributed by atoms with E-state index in [9.17, 15) is 0 Å². The van der Waals surface area contributed by atoms with Crippen molar-refractivity contribution in [3.05, 3.63) is 0 Å². The third-order valence-electron chi connectivity index (χ3n) is 2.82. The molecule has 0 aliphatic rings. The molecule has 0 radical (unpaired) electrons. The van der Waals surface area contributed by atoms with Crippen LogP contribution >= 0.6 is 0 Å². The number of hydrogen-bond acceptors (Lipinski definition) is 2. The minimum Gasteiger partial charge on any atom is -0.466 e. The maximum absolute atomic E-state index is 5.82. The Bertz CT molecular complexity index is 257. The van der Waals surface area contributed by atoms with Gasteiger partial charge in [0.15, 0.2) is 0 Å². The smallest absolute Gasteiger partial charge is 0.285 e. The first-order chi connectivity index (χ1) is 8.11. The van der Waals surface area contributed by atoms with Gasteiger partial charge in [-0.15, -0.1) is 0 Å². The number of ether oxygens (including phenoxy) is 1. The number of aliphatic imine (C=N–C) groups is 1. The van der Waals surface area contributed by atoms with E-state index in [2.05, 4.69) is 64.6 Å². The van der Waals surface area contributed by atoms with Gasteiger partial charge in [-0.25, -0.2) is 4.99 Å². The molecule has 0 aliphatic heterocycles. The van der Waals surface area contributed by atoms with E-state index in [1.807, 2.05) is 0 Å². The summed E-state index contributed by atoms with van der Waals surface area (Å²) in [6.07, 6.45) is 0. The van der Waals surface area contributed by atoms with E-state index in [4.69, 9.17) is 4.74 Å². The summed E-state index contributed by atoms with van der Waals surface area (Å²) in [4.78, 5) is 4.52. The third kappa shape index (κ3) is 9.51. The van der Waals surface area contributed by atoms with Crippen molar-refractivity contribution in [1.29, 1.82) is 0 Å². The predicted molar refractivity (Wildman–Crippen MR) is 84.1 cm³/mol. The van der Waals surface area contributed by atoms with E-state index < -0.39 is 8.07 Å². The Hall–Kier alpha value is -0.513. The Morgan fingerprint density at radius 2 is 1.67 bits per heavy atom. The molecular weight excluding hydrogens is 240 g/mol. The van der Waals surface area contributed by atoms with Crippen molar-refractivity contribution >= 4 is 14.1 Å². The summed E-state index contributed by atoms with van der Waals surface area (Å²) in [7, 11) is -1.03. The van der Waals surface area contributed by atoms with Gasteiger partial charge >= 0.3 is 0 Å². The molecule has 0 amide bonds. The normalized spacial score (nSPS) is 15.1. The highest BCUT2D eigenvalue weighted by molar-refractivity contribution is 6.76. The first-order valence-corrected chi connectivity index (χ1v) is 10.8. The standard InChI is InChI=1S/C14H32N2OSi/c1-11(2)13(5)16-14(15-12(3)4)17-9-10-18(6,7)8/h11-13H,9-10H2,1-8H3,(H,15,16). The lowest BCUT2D eigenvalue weighted by molar-refractivity contribution is 0.292. The molecule has 0 saturated heterocycles. The van der Waals surface area contributed by atoms with Crippen LogP contribution in [0.15, 0.2) is 4.99 Å². The van der Waals surface area contributed by atoms with Crippen LogP contribution in [0.5, 0.6) is 0 Å². The van der Waals surface area contributed by atoms with Crippen molar-refractivity contribution in [2.24, 2.45) is 10.9 Å². The third-order valence-corrected chi connectivity index (χ3v) is 4.52. The molecule has 0 heterocycles. The molecule has 0 bridgehead atoms. The van der Waals surface area contributed by atoms with Gasteiger partial charge < -0.3 is 10.1 Å². The Morgan fingerprint density at radius 3 is 2.06 bits per heavy atom. The number of rotatable bonds is 6. The number of amidine groups is 1. The zero-order valence-corrected chi connectivity index (χ0v) is 14.5. The van der Waals surface area contributed by atoms with Crippen molar-refractivity contribution in [2.75, 3.05) is 6.61 Å². The Balaban J connectivity index is 4.34. The van der Waals surface area contributed by atoms with E-state index in [-0.39, 0.29) is 6.04 Å². The van der Waals surface area contributed by atoms with Gasteiger partial charge in [0.2, 0.25) is 0 Å². The summed E-state index contributed by atoms with van der Waals surface area (Å²) in [5.74, 6) is 0.572. The van der Waals surface area contributed by atoms with Crippen LogP contribution in [0.25, 0.3) is 0 Å². The van der Waals surface area contributed by atoms with Gasteiger partial charge in [-0.1, -0.05) is 33.5 Å². The van der Waals surface area contributed by atoms with E-state index in [1.54, 1.807) is 0 Å². The summed E-state index contributed by atoms with van der Waals surface area (Å²) in [6.45, 7) is 18.6. The van der Waals surface area contributed by atoms with Crippen molar-refractivity contribution in [3.8, 4) is 0 Å².